The highest BCUT2D eigenvalue weighted by atomic mass is 16.5. The molecule has 0 aliphatic rings. The van der Waals surface area contributed by atoms with E-state index in [-0.39, 0.29) is 11.6 Å². The van der Waals surface area contributed by atoms with Gasteiger partial charge in [-0.3, -0.25) is 9.69 Å². The van der Waals surface area contributed by atoms with Gasteiger partial charge in [0.2, 0.25) is 0 Å². The Morgan fingerprint density at radius 1 is 1.06 bits per heavy atom. The predicted octanol–water partition coefficient (Wildman–Crippen LogP) is 4.30. The Bertz CT molecular complexity index is 1460. The third kappa shape index (κ3) is 5.08. The second-order valence-electron chi connectivity index (χ2n) is 8.49. The van der Waals surface area contributed by atoms with Crippen molar-refractivity contribution in [3.05, 3.63) is 94.3 Å². The molecule has 10 heteroatoms. The summed E-state index contributed by atoms with van der Waals surface area (Å²) in [6, 6.07) is 14.9. The Labute approximate surface area is 207 Å². The molecule has 5 rings (SSSR count). The molecule has 36 heavy (non-hydrogen) atoms. The molecule has 0 saturated heterocycles. The number of hydrogen-bond acceptors (Lipinski definition) is 8. The van der Waals surface area contributed by atoms with E-state index in [4.69, 9.17) is 13.6 Å². The first kappa shape index (κ1) is 23.6. The number of ether oxygens (including phenoxy) is 1. The number of H-pyrrole nitrogens is 1. The average Bonchev–Trinajstić information content (AvgIpc) is 3.65. The fourth-order valence-corrected chi connectivity index (χ4v) is 4.42. The van der Waals surface area contributed by atoms with Crippen molar-refractivity contribution in [3.8, 4) is 5.75 Å². The molecule has 186 valence electrons. The number of rotatable bonds is 11. The molecule has 5 aromatic rings. The highest BCUT2D eigenvalue weighted by Gasteiger charge is 2.27. The van der Waals surface area contributed by atoms with Crippen LogP contribution in [0.15, 0.2) is 74.7 Å². The lowest BCUT2D eigenvalue weighted by molar-refractivity contribution is 0.149. The topological polar surface area (TPSA) is 115 Å². The average molecular weight is 489 g/mol. The smallest absolute Gasteiger partial charge is 0.252 e. The zero-order valence-electron chi connectivity index (χ0n) is 20.3. The first-order chi connectivity index (χ1) is 17.6. The van der Waals surface area contributed by atoms with Crippen LogP contribution in [0.1, 0.15) is 49.2 Å². The van der Waals surface area contributed by atoms with Crippen molar-refractivity contribution in [1.29, 1.82) is 0 Å². The first-order valence-electron chi connectivity index (χ1n) is 12.0. The van der Waals surface area contributed by atoms with E-state index in [0.29, 0.717) is 37.6 Å². The SMILES string of the molecule is CCOc1ccc2[nH]c(=O)c(CN(Cc3ccco3)C(CC)c3nnnn3Cc3ccco3)cc2c1. The summed E-state index contributed by atoms with van der Waals surface area (Å²) in [6.45, 7) is 5.86. The Morgan fingerprint density at radius 2 is 1.86 bits per heavy atom. The van der Waals surface area contributed by atoms with Crippen LogP contribution in [0.4, 0.5) is 0 Å². The maximum absolute atomic E-state index is 13.1. The van der Waals surface area contributed by atoms with Gasteiger partial charge in [-0.2, -0.15) is 0 Å². The van der Waals surface area contributed by atoms with Crippen LogP contribution in [0.5, 0.6) is 5.75 Å². The molecule has 0 fully saturated rings. The van der Waals surface area contributed by atoms with E-state index in [0.717, 1.165) is 34.6 Å². The summed E-state index contributed by atoms with van der Waals surface area (Å²) in [5.41, 5.74) is 1.26. The number of nitrogens with one attached hydrogen (secondary N) is 1. The fraction of sp³-hybridized carbons (Fsp3) is 0.308. The molecule has 4 aromatic heterocycles. The number of nitrogens with zero attached hydrogens (tertiary/aromatic N) is 5. The summed E-state index contributed by atoms with van der Waals surface area (Å²) in [5.74, 6) is 3.00. The van der Waals surface area contributed by atoms with Gasteiger partial charge in [-0.05, 0) is 72.3 Å². The van der Waals surface area contributed by atoms with Crippen LogP contribution in [0.3, 0.4) is 0 Å². The molecule has 0 bridgehead atoms. The van der Waals surface area contributed by atoms with Gasteiger partial charge in [0.1, 0.15) is 23.8 Å². The van der Waals surface area contributed by atoms with Crippen molar-refractivity contribution >= 4 is 10.9 Å². The molecule has 1 unspecified atom stereocenters. The summed E-state index contributed by atoms with van der Waals surface area (Å²) in [5, 5.41) is 13.4. The minimum Gasteiger partial charge on any atom is -0.494 e. The Hall–Kier alpha value is -4.18. The third-order valence-electron chi connectivity index (χ3n) is 6.09. The predicted molar refractivity (Wildman–Crippen MR) is 132 cm³/mol. The van der Waals surface area contributed by atoms with Gasteiger partial charge in [-0.25, -0.2) is 4.68 Å². The lowest BCUT2D eigenvalue weighted by Crippen LogP contribution is -2.32. The van der Waals surface area contributed by atoms with E-state index in [2.05, 4.69) is 32.3 Å². The zero-order valence-corrected chi connectivity index (χ0v) is 20.3. The molecule has 4 heterocycles. The molecule has 10 nitrogen and oxygen atoms in total. The molecule has 0 saturated carbocycles. The minimum absolute atomic E-state index is 0.138. The maximum atomic E-state index is 13.1. The molecule has 1 aromatic carbocycles. The molecule has 1 atom stereocenters. The number of aromatic nitrogens is 5. The van der Waals surface area contributed by atoms with Crippen LogP contribution in [-0.2, 0) is 19.6 Å². The minimum atomic E-state index is -0.176. The fourth-order valence-electron chi connectivity index (χ4n) is 4.42. The standard InChI is InChI=1S/C26H28N6O4/c1-3-24(25-28-29-30-32(25)17-22-8-6-12-36-22)31(16-21-7-5-11-35-21)15-19-13-18-14-20(34-4-2)9-10-23(18)27-26(19)33/h5-14,24H,3-4,15-17H2,1-2H3,(H,27,33). The second kappa shape index (κ2) is 10.6. The van der Waals surface area contributed by atoms with Crippen LogP contribution < -0.4 is 10.3 Å². The highest BCUT2D eigenvalue weighted by molar-refractivity contribution is 5.80. The van der Waals surface area contributed by atoms with Gasteiger partial charge in [0, 0.05) is 23.0 Å². The summed E-state index contributed by atoms with van der Waals surface area (Å²) >= 11 is 0. The Balaban J connectivity index is 1.50. The van der Waals surface area contributed by atoms with E-state index in [1.165, 1.54) is 0 Å². The van der Waals surface area contributed by atoms with Crippen LogP contribution >= 0.6 is 0 Å². The van der Waals surface area contributed by atoms with Gasteiger partial charge in [0.15, 0.2) is 5.82 Å². The van der Waals surface area contributed by atoms with Crippen molar-refractivity contribution in [2.75, 3.05) is 6.61 Å². The molecule has 0 aliphatic carbocycles. The molecular weight excluding hydrogens is 460 g/mol. The number of hydrogen-bond donors (Lipinski definition) is 1. The molecule has 0 amide bonds. The van der Waals surface area contributed by atoms with Gasteiger partial charge in [-0.1, -0.05) is 6.92 Å². The summed E-state index contributed by atoms with van der Waals surface area (Å²) < 4.78 is 18.5. The van der Waals surface area contributed by atoms with Gasteiger partial charge < -0.3 is 18.6 Å². The number of tetrazole rings is 1. The lowest BCUT2D eigenvalue weighted by Gasteiger charge is -2.29. The number of pyridine rings is 1. The first-order valence-corrected chi connectivity index (χ1v) is 12.0. The summed E-state index contributed by atoms with van der Waals surface area (Å²) in [7, 11) is 0. The van der Waals surface area contributed by atoms with Gasteiger partial charge in [-0.15, -0.1) is 5.10 Å². The molecule has 1 N–H and O–H groups in total. The van der Waals surface area contributed by atoms with E-state index in [9.17, 15) is 4.79 Å². The van der Waals surface area contributed by atoms with Crippen molar-refractivity contribution < 1.29 is 13.6 Å². The monoisotopic (exact) mass is 488 g/mol. The number of furan rings is 2. The molecule has 0 spiro atoms. The van der Waals surface area contributed by atoms with Gasteiger partial charge in [0.25, 0.3) is 5.56 Å². The van der Waals surface area contributed by atoms with Crippen molar-refractivity contribution in [2.24, 2.45) is 0 Å². The van der Waals surface area contributed by atoms with Crippen LogP contribution in [0, 0.1) is 0 Å². The van der Waals surface area contributed by atoms with Gasteiger partial charge >= 0.3 is 0 Å². The second-order valence-corrected chi connectivity index (χ2v) is 8.49. The van der Waals surface area contributed by atoms with E-state index < -0.39 is 0 Å². The summed E-state index contributed by atoms with van der Waals surface area (Å²) in [6.07, 6.45) is 4.00. The normalized spacial score (nSPS) is 12.4. The Morgan fingerprint density at radius 3 is 2.58 bits per heavy atom. The lowest BCUT2D eigenvalue weighted by atomic mass is 10.1. The number of aromatic amines is 1. The van der Waals surface area contributed by atoms with E-state index in [1.807, 2.05) is 55.5 Å². The summed E-state index contributed by atoms with van der Waals surface area (Å²) in [4.78, 5) is 18.2. The third-order valence-corrected chi connectivity index (χ3v) is 6.09. The van der Waals surface area contributed by atoms with Gasteiger partial charge in [0.05, 0.1) is 31.7 Å². The largest absolute Gasteiger partial charge is 0.494 e. The van der Waals surface area contributed by atoms with Crippen molar-refractivity contribution in [2.45, 2.75) is 45.9 Å². The zero-order chi connectivity index (χ0) is 24.9. The Kier molecular flexibility index (Phi) is 6.94. The van der Waals surface area contributed by atoms with Crippen LogP contribution in [0.25, 0.3) is 10.9 Å². The number of benzene rings is 1. The van der Waals surface area contributed by atoms with E-state index >= 15 is 0 Å². The maximum Gasteiger partial charge on any atom is 0.252 e. The molecule has 0 aliphatic heterocycles. The highest BCUT2D eigenvalue weighted by Crippen LogP contribution is 2.27. The molecule has 0 radical (unpaired) electrons. The van der Waals surface area contributed by atoms with Crippen molar-refractivity contribution in [3.63, 3.8) is 0 Å². The van der Waals surface area contributed by atoms with Crippen LogP contribution in [-0.4, -0.2) is 36.7 Å². The van der Waals surface area contributed by atoms with E-state index in [1.54, 1.807) is 17.2 Å². The number of fused-ring (bicyclic) bond motifs is 1. The van der Waals surface area contributed by atoms with Crippen LogP contribution in [0.2, 0.25) is 0 Å². The molecular formula is C26H28N6O4. The van der Waals surface area contributed by atoms with Crippen molar-refractivity contribution in [1.82, 2.24) is 30.1 Å². The quantitative estimate of drug-likeness (QED) is 0.293.